The number of sulfonamides is 1. The van der Waals surface area contributed by atoms with Gasteiger partial charge in [-0.15, -0.1) is 0 Å². The number of benzene rings is 3. The fraction of sp³-hybridized carbons (Fsp3) is 0.333. The van der Waals surface area contributed by atoms with E-state index in [9.17, 15) is 13.5 Å². The zero-order valence-electron chi connectivity index (χ0n) is 19.9. The minimum absolute atomic E-state index is 0.0505. The van der Waals surface area contributed by atoms with E-state index in [4.69, 9.17) is 27.9 Å². The second kappa shape index (κ2) is 12.3. The third kappa shape index (κ3) is 6.93. The molecule has 0 bridgehead atoms. The highest BCUT2D eigenvalue weighted by atomic mass is 35.5. The molecule has 0 aliphatic carbocycles. The molecule has 0 atom stereocenters. The number of halogens is 2. The first-order valence-corrected chi connectivity index (χ1v) is 14.2. The molecule has 0 saturated carbocycles. The van der Waals surface area contributed by atoms with Crippen LogP contribution in [0.15, 0.2) is 77.7 Å². The van der Waals surface area contributed by atoms with Crippen LogP contribution in [0, 0.1) is 0 Å². The number of aliphatic hydroxyl groups is 1. The highest BCUT2D eigenvalue weighted by molar-refractivity contribution is 7.92. The molecule has 1 aliphatic rings. The molecule has 0 amide bonds. The Morgan fingerprint density at radius 1 is 0.944 bits per heavy atom. The van der Waals surface area contributed by atoms with Crippen molar-refractivity contribution in [3.63, 3.8) is 0 Å². The molecule has 3 aromatic rings. The summed E-state index contributed by atoms with van der Waals surface area (Å²) in [7, 11) is -3.89. The molecule has 1 heterocycles. The quantitative estimate of drug-likeness (QED) is 0.333. The Bertz CT molecular complexity index is 1230. The maximum atomic E-state index is 13.7. The molecule has 192 valence electrons. The summed E-state index contributed by atoms with van der Waals surface area (Å²) in [6.07, 6.45) is 2.24. The zero-order chi connectivity index (χ0) is 25.5. The predicted octanol–water partition coefficient (Wildman–Crippen LogP) is 5.61. The summed E-state index contributed by atoms with van der Waals surface area (Å²) in [4.78, 5) is 2.47. The Hall–Kier alpha value is -2.29. The van der Waals surface area contributed by atoms with Crippen LogP contribution in [0.25, 0.3) is 0 Å². The molecule has 0 spiro atoms. The van der Waals surface area contributed by atoms with Gasteiger partial charge in [0.2, 0.25) is 0 Å². The first-order chi connectivity index (χ1) is 17.3. The maximum Gasteiger partial charge on any atom is 0.264 e. The van der Waals surface area contributed by atoms with E-state index in [-0.39, 0.29) is 17.5 Å². The molecule has 1 aliphatic heterocycles. The number of aliphatic hydroxyl groups excluding tert-OH is 1. The molecule has 1 fully saturated rings. The van der Waals surface area contributed by atoms with Crippen molar-refractivity contribution in [3.8, 4) is 5.75 Å². The van der Waals surface area contributed by atoms with Gasteiger partial charge in [0.25, 0.3) is 10.0 Å². The molecule has 6 nitrogen and oxygen atoms in total. The van der Waals surface area contributed by atoms with Crippen LogP contribution in [0.4, 0.5) is 5.69 Å². The van der Waals surface area contributed by atoms with Crippen molar-refractivity contribution in [2.24, 2.45) is 0 Å². The Morgan fingerprint density at radius 3 is 2.31 bits per heavy atom. The first-order valence-electron chi connectivity index (χ1n) is 12.0. The average molecular weight is 550 g/mol. The molecule has 0 aromatic heterocycles. The minimum atomic E-state index is -3.89. The first kappa shape index (κ1) is 26.8. The molecule has 1 saturated heterocycles. The van der Waals surface area contributed by atoms with Crippen molar-refractivity contribution >= 4 is 38.9 Å². The molecule has 0 unspecified atom stereocenters. The number of anilines is 1. The lowest BCUT2D eigenvalue weighted by molar-refractivity contribution is 0.0800. The van der Waals surface area contributed by atoms with Gasteiger partial charge >= 0.3 is 0 Å². The van der Waals surface area contributed by atoms with Gasteiger partial charge in [-0.05, 0) is 73.9 Å². The Labute approximate surface area is 223 Å². The van der Waals surface area contributed by atoms with Crippen molar-refractivity contribution < 1.29 is 18.3 Å². The number of hydrogen-bond donors (Lipinski definition) is 1. The van der Waals surface area contributed by atoms with E-state index in [1.807, 2.05) is 6.07 Å². The summed E-state index contributed by atoms with van der Waals surface area (Å²) < 4.78 is 34.8. The highest BCUT2D eigenvalue weighted by Gasteiger charge is 2.26. The largest absolute Gasteiger partial charge is 0.493 e. The molecule has 9 heteroatoms. The van der Waals surface area contributed by atoms with Gasteiger partial charge < -0.3 is 14.7 Å². The fourth-order valence-corrected chi connectivity index (χ4v) is 5.99. The summed E-state index contributed by atoms with van der Waals surface area (Å²) in [5.41, 5.74) is 1.20. The lowest BCUT2D eigenvalue weighted by Gasteiger charge is -2.29. The fourth-order valence-electron chi connectivity index (χ4n) is 4.22. The molecule has 0 radical (unpaired) electrons. The average Bonchev–Trinajstić information content (AvgIpc) is 2.88. The van der Waals surface area contributed by atoms with Crippen LogP contribution in [0.3, 0.4) is 0 Å². The van der Waals surface area contributed by atoms with Gasteiger partial charge in [0.15, 0.2) is 0 Å². The summed E-state index contributed by atoms with van der Waals surface area (Å²) in [5, 5.41) is 10.6. The van der Waals surface area contributed by atoms with Crippen LogP contribution in [-0.2, 0) is 16.6 Å². The van der Waals surface area contributed by atoms with Gasteiger partial charge in [-0.1, -0.05) is 41.4 Å². The summed E-state index contributed by atoms with van der Waals surface area (Å²) in [6.45, 7) is 3.21. The second-order valence-electron chi connectivity index (χ2n) is 8.83. The predicted molar refractivity (Wildman–Crippen MR) is 145 cm³/mol. The topological polar surface area (TPSA) is 70.1 Å². The highest BCUT2D eigenvalue weighted by Crippen LogP contribution is 2.31. The Balaban J connectivity index is 1.53. The monoisotopic (exact) mass is 548 g/mol. The van der Waals surface area contributed by atoms with Crippen LogP contribution >= 0.6 is 23.2 Å². The number of piperidine rings is 1. The third-order valence-corrected chi connectivity index (χ3v) is 8.49. The molecular weight excluding hydrogens is 519 g/mol. The number of nitrogens with zero attached hydrogens (tertiary/aromatic N) is 2. The number of ether oxygens (including phenoxy) is 1. The third-order valence-electron chi connectivity index (χ3n) is 6.22. The molecular formula is C27H30Cl2N2O4S. The lowest BCUT2D eigenvalue weighted by Crippen LogP contribution is -2.36. The maximum absolute atomic E-state index is 13.7. The number of rotatable bonds is 10. The van der Waals surface area contributed by atoms with Crippen LogP contribution in [0.1, 0.15) is 24.8 Å². The van der Waals surface area contributed by atoms with Crippen molar-refractivity contribution in [2.75, 3.05) is 30.5 Å². The normalized spacial score (nSPS) is 15.1. The van der Waals surface area contributed by atoms with E-state index in [0.717, 1.165) is 38.9 Å². The zero-order valence-corrected chi connectivity index (χ0v) is 22.2. The van der Waals surface area contributed by atoms with Gasteiger partial charge in [-0.3, -0.25) is 4.31 Å². The number of likely N-dealkylation sites (tertiary alicyclic amines) is 1. The van der Waals surface area contributed by atoms with Crippen LogP contribution in [0.2, 0.25) is 10.0 Å². The van der Waals surface area contributed by atoms with Crippen LogP contribution < -0.4 is 9.04 Å². The van der Waals surface area contributed by atoms with E-state index in [1.54, 1.807) is 54.6 Å². The molecule has 36 heavy (non-hydrogen) atoms. The summed E-state index contributed by atoms with van der Waals surface area (Å²) in [5.74, 6) is 0.598. The van der Waals surface area contributed by atoms with Crippen molar-refractivity contribution in [2.45, 2.75) is 36.8 Å². The van der Waals surface area contributed by atoms with E-state index < -0.39 is 10.0 Å². The van der Waals surface area contributed by atoms with Gasteiger partial charge in [-0.25, -0.2) is 8.42 Å². The smallest absolute Gasteiger partial charge is 0.264 e. The van der Waals surface area contributed by atoms with E-state index >= 15 is 0 Å². The van der Waals surface area contributed by atoms with Crippen molar-refractivity contribution in [1.29, 1.82) is 0 Å². The van der Waals surface area contributed by atoms with Gasteiger partial charge in [0.05, 0.1) is 29.8 Å². The van der Waals surface area contributed by atoms with E-state index in [0.29, 0.717) is 33.7 Å². The van der Waals surface area contributed by atoms with Crippen LogP contribution in [0.5, 0.6) is 5.75 Å². The van der Waals surface area contributed by atoms with E-state index in [1.165, 1.54) is 16.4 Å². The number of para-hydroxylation sites is 1. The van der Waals surface area contributed by atoms with Crippen molar-refractivity contribution in [1.82, 2.24) is 4.90 Å². The summed E-state index contributed by atoms with van der Waals surface area (Å²) >= 11 is 12.3. The van der Waals surface area contributed by atoms with Gasteiger partial charge in [0.1, 0.15) is 5.75 Å². The van der Waals surface area contributed by atoms with Gasteiger partial charge in [-0.2, -0.15) is 0 Å². The lowest BCUT2D eigenvalue weighted by atomic mass is 10.1. The summed E-state index contributed by atoms with van der Waals surface area (Å²) in [6, 6.07) is 20.4. The van der Waals surface area contributed by atoms with Gasteiger partial charge in [0, 0.05) is 35.2 Å². The standard InChI is InChI=1S/C27H30Cl2N2O4S/c28-22-7-10-26(11-8-22)36(33,34)31(24-5-2-1-3-6-24)20-21-19-23(29)9-12-27(21)35-18-4-15-30-16-13-25(32)14-17-30/h1-3,5-12,19,25,32H,4,13-18,20H2. The molecule has 1 N–H and O–H groups in total. The Kier molecular flexibility index (Phi) is 9.14. The minimum Gasteiger partial charge on any atom is -0.493 e. The molecule has 4 rings (SSSR count). The number of hydrogen-bond acceptors (Lipinski definition) is 5. The van der Waals surface area contributed by atoms with Crippen LogP contribution in [-0.4, -0.2) is 50.8 Å². The second-order valence-corrected chi connectivity index (χ2v) is 11.6. The Morgan fingerprint density at radius 2 is 1.61 bits per heavy atom. The van der Waals surface area contributed by atoms with E-state index in [2.05, 4.69) is 4.90 Å². The van der Waals surface area contributed by atoms with Crippen molar-refractivity contribution in [3.05, 3.63) is 88.4 Å². The molecule has 3 aromatic carbocycles. The SMILES string of the molecule is O=S(=O)(c1ccc(Cl)cc1)N(Cc1cc(Cl)ccc1OCCCN1CCC(O)CC1)c1ccccc1.